The van der Waals surface area contributed by atoms with Crippen LogP contribution >= 0.6 is 39.8 Å². The molecule has 0 aliphatic rings. The average Bonchev–Trinajstić information content (AvgIpc) is 2.60. The molecule has 0 aliphatic carbocycles. The zero-order valence-electron chi connectivity index (χ0n) is 6.49. The van der Waals surface area contributed by atoms with E-state index in [1.165, 1.54) is 11.3 Å². The van der Waals surface area contributed by atoms with Crippen LogP contribution in [0.4, 0.5) is 0 Å². The molecule has 0 radical (unpaired) electrons. The Morgan fingerprint density at radius 1 is 1.69 bits per heavy atom. The van der Waals surface area contributed by atoms with Crippen LogP contribution in [-0.2, 0) is 4.52 Å². The highest BCUT2D eigenvalue weighted by Crippen LogP contribution is 2.21. The van der Waals surface area contributed by atoms with Crippen molar-refractivity contribution in [1.82, 2.24) is 4.98 Å². The fraction of sp³-hybridized carbons (Fsp3) is 0.333. The van der Waals surface area contributed by atoms with Gasteiger partial charge in [-0.1, -0.05) is 11.3 Å². The largest absolute Gasteiger partial charge is 0.468 e. The van der Waals surface area contributed by atoms with Crippen molar-refractivity contribution < 1.29 is 9.26 Å². The van der Waals surface area contributed by atoms with Gasteiger partial charge in [-0.2, -0.15) is 10.2 Å². The van der Waals surface area contributed by atoms with Crippen LogP contribution in [0.25, 0.3) is 0 Å². The number of ether oxygens (including phenoxy) is 1. The Bertz CT molecular complexity index is 301. The molecule has 0 amide bonds. The molecule has 4 nitrogen and oxygen atoms in total. The third kappa shape index (κ3) is 4.18. The van der Waals surface area contributed by atoms with E-state index in [9.17, 15) is 0 Å². The molecule has 7 heteroatoms. The molecule has 0 aromatic carbocycles. The molecule has 70 valence electrons. The quantitative estimate of drug-likeness (QED) is 0.473. The van der Waals surface area contributed by atoms with Crippen molar-refractivity contribution in [3.63, 3.8) is 0 Å². The van der Waals surface area contributed by atoms with Gasteiger partial charge in [0.25, 0.3) is 5.19 Å². The molecular formula is C6H6IN2O2PS. The minimum atomic E-state index is 0.400. The van der Waals surface area contributed by atoms with E-state index >= 15 is 0 Å². The molecule has 0 N–H and O–H groups in total. The van der Waals surface area contributed by atoms with E-state index in [0.717, 1.165) is 0 Å². The van der Waals surface area contributed by atoms with Crippen molar-refractivity contribution >= 4 is 39.8 Å². The molecule has 1 aromatic heterocycles. The lowest BCUT2D eigenvalue weighted by Crippen LogP contribution is -2.02. The van der Waals surface area contributed by atoms with Gasteiger partial charge in [0.15, 0.2) is 5.69 Å². The first-order valence-electron chi connectivity index (χ1n) is 3.32. The van der Waals surface area contributed by atoms with E-state index in [1.807, 2.05) is 6.07 Å². The van der Waals surface area contributed by atoms with Crippen molar-refractivity contribution in [1.29, 1.82) is 5.26 Å². The molecule has 0 saturated heterocycles. The van der Waals surface area contributed by atoms with Crippen LogP contribution in [-0.4, -0.2) is 18.2 Å². The van der Waals surface area contributed by atoms with Crippen LogP contribution in [0, 0.1) is 11.3 Å². The summed E-state index contributed by atoms with van der Waals surface area (Å²) in [6.07, 6.45) is 0. The van der Waals surface area contributed by atoms with Gasteiger partial charge in [0.05, 0.1) is 13.1 Å². The summed E-state index contributed by atoms with van der Waals surface area (Å²) >= 11 is 3.47. The van der Waals surface area contributed by atoms with Gasteiger partial charge >= 0.3 is 0 Å². The van der Waals surface area contributed by atoms with Gasteiger partial charge in [0.2, 0.25) is 0 Å². The molecule has 0 bridgehead atoms. The highest BCUT2D eigenvalue weighted by Gasteiger charge is 2.00. The molecule has 0 saturated carbocycles. The molecule has 1 rings (SSSR count). The van der Waals surface area contributed by atoms with Crippen LogP contribution in [0.2, 0.25) is 0 Å². The molecule has 0 spiro atoms. The van der Waals surface area contributed by atoms with Crippen LogP contribution in [0.3, 0.4) is 0 Å². The Hall–Kier alpha value is 0.0400. The van der Waals surface area contributed by atoms with Crippen LogP contribution in [0.5, 0.6) is 5.19 Å². The predicted octanol–water partition coefficient (Wildman–Crippen LogP) is 2.35. The van der Waals surface area contributed by atoms with E-state index in [-0.39, 0.29) is 0 Å². The van der Waals surface area contributed by atoms with Gasteiger partial charge in [0.1, 0.15) is 12.7 Å². The average molecular weight is 328 g/mol. The normalized spacial score (nSPS) is 10.5. The molecular weight excluding hydrogens is 322 g/mol. The number of rotatable bonds is 5. The second-order valence-electron chi connectivity index (χ2n) is 1.88. The Labute approximate surface area is 94.6 Å². The van der Waals surface area contributed by atoms with Crippen molar-refractivity contribution in [3.05, 3.63) is 11.1 Å². The summed E-state index contributed by atoms with van der Waals surface area (Å²) in [6.45, 7) is 1.49. The second-order valence-corrected chi connectivity index (χ2v) is 4.47. The smallest absolute Gasteiger partial charge is 0.274 e. The fourth-order valence-corrected chi connectivity index (χ4v) is 2.03. The van der Waals surface area contributed by atoms with E-state index < -0.39 is 0 Å². The first kappa shape index (κ1) is 11.1. The minimum absolute atomic E-state index is 0.400. The Morgan fingerprint density at radius 3 is 3.15 bits per heavy atom. The number of halogens is 1. The first-order valence-corrected chi connectivity index (χ1v) is 8.23. The zero-order chi connectivity index (χ0) is 9.52. The first-order chi connectivity index (χ1) is 6.36. The Kier molecular flexibility index (Phi) is 5.55. The fourth-order valence-electron chi connectivity index (χ4n) is 0.584. The summed E-state index contributed by atoms with van der Waals surface area (Å²) in [7, 11) is 0. The highest BCUT2D eigenvalue weighted by molar-refractivity contribution is 14.2. The summed E-state index contributed by atoms with van der Waals surface area (Å²) in [5.41, 5.74) is 0.400. The second kappa shape index (κ2) is 6.49. The third-order valence-electron chi connectivity index (χ3n) is 1.06. The van der Waals surface area contributed by atoms with Crippen LogP contribution in [0.1, 0.15) is 5.69 Å². The van der Waals surface area contributed by atoms with Gasteiger partial charge in [-0.15, -0.1) is 0 Å². The lowest BCUT2D eigenvalue weighted by atomic mass is 10.6. The van der Waals surface area contributed by atoms with E-state index in [4.69, 9.17) is 14.5 Å². The number of thiazole rings is 1. The van der Waals surface area contributed by atoms with Crippen molar-refractivity contribution in [2.45, 2.75) is 0 Å². The highest BCUT2D eigenvalue weighted by atomic mass is 127. The topological polar surface area (TPSA) is 55.1 Å². The summed E-state index contributed by atoms with van der Waals surface area (Å²) < 4.78 is 10.3. The van der Waals surface area contributed by atoms with Gasteiger partial charge in [-0.3, -0.25) is 0 Å². The SMILES string of the molecule is N#Cc1csc(OCCOPI)n1. The maximum atomic E-state index is 8.47. The molecule has 13 heavy (non-hydrogen) atoms. The third-order valence-corrected chi connectivity index (χ3v) is 3.06. The predicted molar refractivity (Wildman–Crippen MR) is 60.6 cm³/mol. The molecule has 1 unspecified atom stereocenters. The minimum Gasteiger partial charge on any atom is -0.468 e. The summed E-state index contributed by atoms with van der Waals surface area (Å²) in [4.78, 5) is 3.91. The Morgan fingerprint density at radius 2 is 2.54 bits per heavy atom. The molecule has 1 atom stereocenters. The summed E-state index contributed by atoms with van der Waals surface area (Å²) in [5, 5.41) is 10.7. The molecule has 1 aromatic rings. The Balaban J connectivity index is 2.25. The number of nitrogens with zero attached hydrogens (tertiary/aromatic N) is 2. The number of hydrogen-bond donors (Lipinski definition) is 0. The van der Waals surface area contributed by atoms with Gasteiger partial charge in [-0.05, 0) is 22.0 Å². The molecule has 1 heterocycles. The maximum Gasteiger partial charge on any atom is 0.274 e. The van der Waals surface area contributed by atoms with Crippen molar-refractivity contribution in [3.8, 4) is 11.3 Å². The monoisotopic (exact) mass is 328 g/mol. The van der Waals surface area contributed by atoms with Crippen molar-refractivity contribution in [2.75, 3.05) is 13.2 Å². The lowest BCUT2D eigenvalue weighted by Gasteiger charge is -2.00. The molecule has 0 aliphatic heterocycles. The molecule has 0 fully saturated rings. The van der Waals surface area contributed by atoms with E-state index in [1.54, 1.807) is 5.38 Å². The number of nitriles is 1. The van der Waals surface area contributed by atoms with Crippen molar-refractivity contribution in [2.24, 2.45) is 0 Å². The summed E-state index contributed by atoms with van der Waals surface area (Å²) in [5.74, 6) is 0. The standard InChI is InChI=1S/C6H6IN2O2PS/c7-12-11-2-1-10-6-9-5(3-8)4-13-6/h4,12H,1-2H2. The maximum absolute atomic E-state index is 8.47. The van der Waals surface area contributed by atoms with E-state index in [0.29, 0.717) is 30.6 Å². The van der Waals surface area contributed by atoms with E-state index in [2.05, 4.69) is 27.0 Å². The zero-order valence-corrected chi connectivity index (χ0v) is 10.5. The lowest BCUT2D eigenvalue weighted by molar-refractivity contribution is 0.236. The summed E-state index contributed by atoms with van der Waals surface area (Å²) in [6, 6.07) is 1.94. The van der Waals surface area contributed by atoms with Gasteiger partial charge < -0.3 is 9.26 Å². The van der Waals surface area contributed by atoms with Gasteiger partial charge in [-0.25, -0.2) is 0 Å². The van der Waals surface area contributed by atoms with Crippen LogP contribution in [0.15, 0.2) is 5.38 Å². The van der Waals surface area contributed by atoms with Gasteiger partial charge in [0, 0.05) is 5.38 Å². The van der Waals surface area contributed by atoms with Crippen LogP contribution < -0.4 is 4.74 Å². The number of hydrogen-bond acceptors (Lipinski definition) is 5. The number of aromatic nitrogens is 1.